The highest BCUT2D eigenvalue weighted by Gasteiger charge is 2.41. The van der Waals surface area contributed by atoms with Crippen LogP contribution in [0, 0.1) is 11.8 Å². The third-order valence-electron chi connectivity index (χ3n) is 8.90. The van der Waals surface area contributed by atoms with Crippen LogP contribution in [0.15, 0.2) is 36.4 Å². The van der Waals surface area contributed by atoms with Crippen LogP contribution in [0.5, 0.6) is 0 Å². The number of aliphatic hydroxyl groups is 2. The van der Waals surface area contributed by atoms with Crippen LogP contribution in [0.3, 0.4) is 0 Å². The first-order valence-corrected chi connectivity index (χ1v) is 15.7. The number of allylic oxidation sites excluding steroid dienone is 2. The summed E-state index contributed by atoms with van der Waals surface area (Å²) in [7, 11) is 0. The van der Waals surface area contributed by atoms with Gasteiger partial charge >= 0.3 is 5.97 Å². The van der Waals surface area contributed by atoms with Crippen molar-refractivity contribution in [2.75, 3.05) is 39.5 Å². The molecule has 1 aromatic rings. The Morgan fingerprint density at radius 2 is 1.87 bits per heavy atom. The van der Waals surface area contributed by atoms with Gasteiger partial charge in [-0.2, -0.15) is 0 Å². The van der Waals surface area contributed by atoms with Crippen LogP contribution in [-0.4, -0.2) is 72.0 Å². The van der Waals surface area contributed by atoms with Crippen molar-refractivity contribution >= 4 is 17.6 Å². The number of aliphatic hydroxyl groups excluding tert-OH is 2. The normalized spacial score (nSPS) is 27.7. The molecule has 0 amide bonds. The number of alkyl halides is 1. The minimum atomic E-state index is -0.462. The number of nitrogens with zero attached hydrogens (tertiary/aromatic N) is 1. The highest BCUT2D eigenvalue weighted by molar-refractivity contribution is 6.21. The van der Waals surface area contributed by atoms with E-state index in [1.807, 2.05) is 12.1 Å². The van der Waals surface area contributed by atoms with Crippen molar-refractivity contribution < 1.29 is 24.5 Å². The maximum atomic E-state index is 12.0. The molecule has 3 aliphatic rings. The number of rotatable bonds is 13. The lowest BCUT2D eigenvalue weighted by atomic mass is 9.83. The quantitative estimate of drug-likeness (QED) is 0.138. The Balaban J connectivity index is 1.18. The first-order chi connectivity index (χ1) is 19.0. The van der Waals surface area contributed by atoms with Crippen LogP contribution in [0.4, 0.5) is 0 Å². The maximum absolute atomic E-state index is 12.0. The SMILES string of the molecule is O=C(CCCC=CC[C@@H]1[C@@H](c2ccc(C(O)CC3CCCCC3)cc2)[C@H](O)C[C@H]1Cl)OCCN1CCOCC1. The number of hydrogen-bond acceptors (Lipinski definition) is 6. The molecular formula is C32H48ClNO5. The van der Waals surface area contributed by atoms with Crippen molar-refractivity contribution in [1.82, 2.24) is 4.90 Å². The van der Waals surface area contributed by atoms with Crippen LogP contribution < -0.4 is 0 Å². The van der Waals surface area contributed by atoms with Gasteiger partial charge < -0.3 is 19.7 Å². The molecule has 0 aromatic heterocycles. The molecule has 2 N–H and O–H groups in total. The van der Waals surface area contributed by atoms with Gasteiger partial charge in [0, 0.05) is 37.4 Å². The third kappa shape index (κ3) is 9.57. The van der Waals surface area contributed by atoms with E-state index in [1.165, 1.54) is 32.1 Å². The van der Waals surface area contributed by atoms with Crippen molar-refractivity contribution in [3.8, 4) is 0 Å². The Morgan fingerprint density at radius 3 is 2.62 bits per heavy atom. The molecule has 39 heavy (non-hydrogen) atoms. The summed E-state index contributed by atoms with van der Waals surface area (Å²) in [4.78, 5) is 14.3. The lowest BCUT2D eigenvalue weighted by Crippen LogP contribution is -2.38. The van der Waals surface area contributed by atoms with Gasteiger partial charge in [-0.3, -0.25) is 9.69 Å². The molecule has 1 unspecified atom stereocenters. The second-order valence-electron chi connectivity index (χ2n) is 11.7. The zero-order chi connectivity index (χ0) is 27.5. The van der Waals surface area contributed by atoms with E-state index in [4.69, 9.17) is 21.1 Å². The number of hydrogen-bond donors (Lipinski definition) is 2. The van der Waals surface area contributed by atoms with Crippen LogP contribution in [0.1, 0.15) is 93.8 Å². The monoisotopic (exact) mass is 561 g/mol. The summed E-state index contributed by atoms with van der Waals surface area (Å²) in [6, 6.07) is 8.21. The van der Waals surface area contributed by atoms with E-state index < -0.39 is 12.2 Å². The summed E-state index contributed by atoms with van der Waals surface area (Å²) in [6.45, 7) is 4.52. The topological polar surface area (TPSA) is 79.2 Å². The summed E-state index contributed by atoms with van der Waals surface area (Å²) in [5.41, 5.74) is 2.06. The predicted molar refractivity (Wildman–Crippen MR) is 155 cm³/mol. The molecule has 2 saturated carbocycles. The molecule has 6 nitrogen and oxygen atoms in total. The van der Waals surface area contributed by atoms with Gasteiger partial charge in [-0.25, -0.2) is 0 Å². The molecule has 0 spiro atoms. The zero-order valence-corrected chi connectivity index (χ0v) is 24.1. The van der Waals surface area contributed by atoms with Gasteiger partial charge in [-0.05, 0) is 55.1 Å². The molecule has 3 fully saturated rings. The average molecular weight is 562 g/mol. The minimum absolute atomic E-state index is 0.0110. The summed E-state index contributed by atoms with van der Waals surface area (Å²) < 4.78 is 10.7. The van der Waals surface area contributed by atoms with Gasteiger partial charge in [0.25, 0.3) is 0 Å². The van der Waals surface area contributed by atoms with E-state index in [1.54, 1.807) is 0 Å². The average Bonchev–Trinajstić information content (AvgIpc) is 3.24. The lowest BCUT2D eigenvalue weighted by molar-refractivity contribution is -0.144. The molecule has 1 saturated heterocycles. The van der Waals surface area contributed by atoms with Gasteiger partial charge in [0.05, 0.1) is 25.4 Å². The van der Waals surface area contributed by atoms with Gasteiger partial charge in [-0.15, -0.1) is 11.6 Å². The van der Waals surface area contributed by atoms with Crippen LogP contribution in [-0.2, 0) is 14.3 Å². The summed E-state index contributed by atoms with van der Waals surface area (Å²) in [5, 5.41) is 21.5. The number of esters is 1. The molecule has 218 valence electrons. The summed E-state index contributed by atoms with van der Waals surface area (Å²) in [5.74, 6) is 0.636. The molecule has 2 aliphatic carbocycles. The molecule has 1 aliphatic heterocycles. The number of benzene rings is 1. The fourth-order valence-corrected chi connectivity index (χ4v) is 7.00. The third-order valence-corrected chi connectivity index (χ3v) is 9.40. The number of halogens is 1. The number of unbranched alkanes of at least 4 members (excludes halogenated alkanes) is 1. The van der Waals surface area contributed by atoms with E-state index >= 15 is 0 Å². The fourth-order valence-electron chi connectivity index (χ4n) is 6.56. The predicted octanol–water partition coefficient (Wildman–Crippen LogP) is 5.75. The Bertz CT molecular complexity index is 881. The summed E-state index contributed by atoms with van der Waals surface area (Å²) >= 11 is 6.69. The van der Waals surface area contributed by atoms with E-state index in [-0.39, 0.29) is 23.2 Å². The molecule has 0 bridgehead atoms. The van der Waals surface area contributed by atoms with Crippen LogP contribution in [0.2, 0.25) is 0 Å². The van der Waals surface area contributed by atoms with E-state index in [0.717, 1.165) is 69.7 Å². The second-order valence-corrected chi connectivity index (χ2v) is 12.3. The van der Waals surface area contributed by atoms with Gasteiger partial charge in [-0.1, -0.05) is 68.5 Å². The van der Waals surface area contributed by atoms with Gasteiger partial charge in [0.15, 0.2) is 0 Å². The van der Waals surface area contributed by atoms with E-state index in [0.29, 0.717) is 25.4 Å². The Hall–Kier alpha value is -1.44. The molecule has 0 radical (unpaired) electrons. The number of carbonyl (C=O) groups is 1. The smallest absolute Gasteiger partial charge is 0.305 e. The molecular weight excluding hydrogens is 514 g/mol. The largest absolute Gasteiger partial charge is 0.464 e. The van der Waals surface area contributed by atoms with Crippen molar-refractivity contribution in [3.63, 3.8) is 0 Å². The molecule has 1 heterocycles. The highest BCUT2D eigenvalue weighted by atomic mass is 35.5. The standard InChI is InChI=1S/C32H48ClNO5/c33-28-23-30(36)32(26-14-12-25(13-15-26)29(35)22-24-8-4-3-5-9-24)27(28)10-6-1-2-7-11-31(37)39-21-18-34-16-19-38-20-17-34/h1,6,12-15,24,27-30,32,35-36H,2-5,7-11,16-23H2/t27-,28+,29?,30+,32+/m0/s1. The minimum Gasteiger partial charge on any atom is -0.464 e. The van der Waals surface area contributed by atoms with Gasteiger partial charge in [0.2, 0.25) is 0 Å². The zero-order valence-electron chi connectivity index (χ0n) is 23.4. The van der Waals surface area contributed by atoms with Crippen LogP contribution >= 0.6 is 11.6 Å². The van der Waals surface area contributed by atoms with Gasteiger partial charge in [0.1, 0.15) is 6.61 Å². The van der Waals surface area contributed by atoms with Crippen molar-refractivity contribution in [3.05, 3.63) is 47.5 Å². The van der Waals surface area contributed by atoms with E-state index in [9.17, 15) is 15.0 Å². The molecule has 5 atom stereocenters. The van der Waals surface area contributed by atoms with Crippen LogP contribution in [0.25, 0.3) is 0 Å². The molecule has 7 heteroatoms. The number of ether oxygens (including phenoxy) is 2. The lowest BCUT2D eigenvalue weighted by Gasteiger charge is -2.26. The Labute approximate surface area is 239 Å². The maximum Gasteiger partial charge on any atom is 0.305 e. The Morgan fingerprint density at radius 1 is 1.13 bits per heavy atom. The molecule has 4 rings (SSSR count). The number of morpholine rings is 1. The Kier molecular flexibility index (Phi) is 12.6. The first kappa shape index (κ1) is 30.5. The molecule has 1 aromatic carbocycles. The first-order valence-electron chi connectivity index (χ1n) is 15.2. The fraction of sp³-hybridized carbons (Fsp3) is 0.719. The van der Waals surface area contributed by atoms with Crippen molar-refractivity contribution in [1.29, 1.82) is 0 Å². The second kappa shape index (κ2) is 16.1. The van der Waals surface area contributed by atoms with E-state index in [2.05, 4.69) is 29.2 Å². The number of carbonyl (C=O) groups excluding carboxylic acids is 1. The van der Waals surface area contributed by atoms with Crippen molar-refractivity contribution in [2.45, 2.75) is 94.1 Å². The highest BCUT2D eigenvalue weighted by Crippen LogP contribution is 2.45. The van der Waals surface area contributed by atoms with Crippen molar-refractivity contribution in [2.24, 2.45) is 11.8 Å². The summed E-state index contributed by atoms with van der Waals surface area (Å²) in [6.07, 6.45) is 14.0.